The number of halogens is 2. The first-order valence-electron chi connectivity index (χ1n) is 4.71. The highest BCUT2D eigenvalue weighted by molar-refractivity contribution is 6.18. The van der Waals surface area contributed by atoms with Gasteiger partial charge in [0.25, 0.3) is 0 Å². The molecule has 0 rings (SSSR count). The normalized spacial score (nSPS) is 19.1. The van der Waals surface area contributed by atoms with Gasteiger partial charge in [-0.2, -0.15) is 0 Å². The maximum atomic E-state index is 7.42. The van der Waals surface area contributed by atoms with Crippen LogP contribution in [0.3, 0.4) is 0 Å². The van der Waals surface area contributed by atoms with Crippen LogP contribution >= 0.6 is 24.0 Å². The monoisotopic (exact) mass is 175 g/mol. The van der Waals surface area contributed by atoms with Crippen molar-refractivity contribution in [2.45, 2.75) is 13.8 Å². The van der Waals surface area contributed by atoms with E-state index in [-0.39, 0.29) is 12.4 Å². The Morgan fingerprint density at radius 1 is 1.44 bits per heavy atom. The van der Waals surface area contributed by atoms with Crippen LogP contribution in [0.4, 0.5) is 0 Å². The molecule has 0 N–H and O–H groups in total. The summed E-state index contributed by atoms with van der Waals surface area (Å²) in [5, 5.41) is 0. The summed E-state index contributed by atoms with van der Waals surface area (Å²) in [6, 6.07) is 0. The van der Waals surface area contributed by atoms with E-state index in [2.05, 4.69) is 0 Å². The first kappa shape index (κ1) is 5.22. The fourth-order valence-corrected chi connectivity index (χ4v) is 0.561. The molecule has 58 valence electrons. The number of nitrogens with zero attached hydrogens (tertiary/aromatic N) is 1. The molecule has 3 heteroatoms. The Bertz CT molecular complexity index is 144. The fraction of sp³-hybridized carbons (Fsp3) is 1.00. The lowest BCUT2D eigenvalue weighted by Gasteiger charge is -2.14. The smallest absolute Gasteiger partial charge is 0.0449 e. The van der Waals surface area contributed by atoms with Gasteiger partial charge < -0.3 is 4.90 Å². The molecular formula is C6H15Cl2N. The minimum Gasteiger partial charge on any atom is -0.303 e. The molecule has 0 aliphatic carbocycles. The standard InChI is InChI=1S/C6H14ClN.ClH/c1-3-8(4-2)6-5-7;/h3-6H2,1-2H3;1H/i5D2,6D2;. The second kappa shape index (κ2) is 8.54. The Balaban J connectivity index is 0. The van der Waals surface area contributed by atoms with Crippen molar-refractivity contribution in [2.75, 3.05) is 25.4 Å². The minimum absolute atomic E-state index is 0. The van der Waals surface area contributed by atoms with Gasteiger partial charge in [-0.1, -0.05) is 13.8 Å². The zero-order chi connectivity index (χ0) is 9.99. The van der Waals surface area contributed by atoms with Crippen molar-refractivity contribution in [3.8, 4) is 0 Å². The van der Waals surface area contributed by atoms with Crippen LogP contribution in [0.15, 0.2) is 0 Å². The Kier molecular flexibility index (Phi) is 4.96. The third-order valence-electron chi connectivity index (χ3n) is 0.964. The number of alkyl halides is 1. The summed E-state index contributed by atoms with van der Waals surface area (Å²) in [4.78, 5) is 1.35. The van der Waals surface area contributed by atoms with Crippen LogP contribution in [0.25, 0.3) is 0 Å². The van der Waals surface area contributed by atoms with Crippen molar-refractivity contribution in [1.29, 1.82) is 0 Å². The van der Waals surface area contributed by atoms with Gasteiger partial charge in [0.1, 0.15) is 0 Å². The molecule has 0 atom stereocenters. The van der Waals surface area contributed by atoms with Crippen LogP contribution in [0, 0.1) is 0 Å². The molecule has 9 heavy (non-hydrogen) atoms. The van der Waals surface area contributed by atoms with Crippen molar-refractivity contribution in [2.24, 2.45) is 0 Å². The predicted molar refractivity (Wildman–Crippen MR) is 45.8 cm³/mol. The Morgan fingerprint density at radius 3 is 2.00 bits per heavy atom. The molecule has 0 aliphatic rings. The number of hydrogen-bond acceptors (Lipinski definition) is 1. The Morgan fingerprint density at radius 2 is 1.89 bits per heavy atom. The van der Waals surface area contributed by atoms with Crippen molar-refractivity contribution < 1.29 is 5.48 Å². The summed E-state index contributed by atoms with van der Waals surface area (Å²) in [5.74, 6) is -2.35. The van der Waals surface area contributed by atoms with Crippen molar-refractivity contribution in [3.63, 3.8) is 0 Å². The molecule has 1 nitrogen and oxygen atoms in total. The summed E-state index contributed by atoms with van der Waals surface area (Å²) in [6.07, 6.45) is 0. The lowest BCUT2D eigenvalue weighted by atomic mass is 10.5. The third-order valence-corrected chi connectivity index (χ3v) is 1.05. The van der Waals surface area contributed by atoms with Crippen LogP contribution in [0.5, 0.6) is 0 Å². The summed E-state index contributed by atoms with van der Waals surface area (Å²) >= 11 is 5.29. The average Bonchev–Trinajstić information content (AvgIpc) is 1.87. The summed E-state index contributed by atoms with van der Waals surface area (Å²) in [6.45, 7) is 2.30. The zero-order valence-electron chi connectivity index (χ0n) is 9.65. The quantitative estimate of drug-likeness (QED) is 0.592. The SMILES string of the molecule is Cl.[2H]C([2H])(Cl)C([2H])([2H])N(CC)CC. The first-order chi connectivity index (χ1) is 5.27. The third kappa shape index (κ3) is 6.42. The molecular weight excluding hydrogens is 157 g/mol. The van der Waals surface area contributed by atoms with Crippen molar-refractivity contribution >= 4 is 24.0 Å². The molecule has 0 aromatic heterocycles. The highest BCUT2D eigenvalue weighted by atomic mass is 35.5. The van der Waals surface area contributed by atoms with Crippen molar-refractivity contribution in [3.05, 3.63) is 0 Å². The van der Waals surface area contributed by atoms with E-state index >= 15 is 0 Å². The maximum absolute atomic E-state index is 7.42. The van der Waals surface area contributed by atoms with Crippen LogP contribution in [-0.4, -0.2) is 30.3 Å². The Labute approximate surface area is 74.4 Å². The molecule has 0 fully saturated rings. The van der Waals surface area contributed by atoms with Gasteiger partial charge in [-0.05, 0) is 13.1 Å². The van der Waals surface area contributed by atoms with E-state index in [9.17, 15) is 0 Å². The van der Waals surface area contributed by atoms with E-state index in [4.69, 9.17) is 17.1 Å². The molecule has 0 unspecified atom stereocenters. The molecule has 0 aromatic carbocycles. The molecule has 0 heterocycles. The molecule has 0 spiro atoms. The van der Waals surface area contributed by atoms with E-state index in [1.54, 1.807) is 13.8 Å². The lowest BCUT2D eigenvalue weighted by Crippen LogP contribution is -2.24. The Hall–Kier alpha value is 0.540. The lowest BCUT2D eigenvalue weighted by molar-refractivity contribution is 0.323. The molecule has 0 amide bonds. The zero-order valence-corrected chi connectivity index (χ0v) is 7.22. The van der Waals surface area contributed by atoms with Gasteiger partial charge in [-0.15, -0.1) is 24.0 Å². The molecule has 0 aliphatic heterocycles. The summed E-state index contributed by atoms with van der Waals surface area (Å²) in [5.41, 5.74) is 0. The predicted octanol–water partition coefficient (Wildman–Crippen LogP) is 1.99. The fourth-order valence-electron chi connectivity index (χ4n) is 0.441. The van der Waals surface area contributed by atoms with Gasteiger partial charge in [0.2, 0.25) is 0 Å². The highest BCUT2D eigenvalue weighted by Crippen LogP contribution is 1.86. The molecule has 0 saturated carbocycles. The van der Waals surface area contributed by atoms with E-state index in [0.29, 0.717) is 13.1 Å². The van der Waals surface area contributed by atoms with Gasteiger partial charge >= 0.3 is 0 Å². The van der Waals surface area contributed by atoms with Crippen LogP contribution < -0.4 is 0 Å². The highest BCUT2D eigenvalue weighted by Gasteiger charge is 1.93. The average molecular weight is 176 g/mol. The van der Waals surface area contributed by atoms with E-state index in [1.807, 2.05) is 0 Å². The van der Waals surface area contributed by atoms with Gasteiger partial charge in [-0.25, -0.2) is 0 Å². The first-order valence-corrected chi connectivity index (χ1v) is 3.09. The van der Waals surface area contributed by atoms with E-state index < -0.39 is 12.3 Å². The van der Waals surface area contributed by atoms with E-state index in [0.717, 1.165) is 0 Å². The van der Waals surface area contributed by atoms with Gasteiger partial charge in [0.05, 0.1) is 0 Å². The summed E-state index contributed by atoms with van der Waals surface area (Å²) < 4.78 is 29.0. The van der Waals surface area contributed by atoms with Crippen LogP contribution in [-0.2, 0) is 0 Å². The van der Waals surface area contributed by atoms with Gasteiger partial charge in [0.15, 0.2) is 0 Å². The topological polar surface area (TPSA) is 3.24 Å². The van der Waals surface area contributed by atoms with Crippen LogP contribution in [0.2, 0.25) is 0 Å². The summed E-state index contributed by atoms with van der Waals surface area (Å²) in [7, 11) is 0. The number of rotatable bonds is 4. The molecule has 0 bridgehead atoms. The van der Waals surface area contributed by atoms with E-state index in [1.165, 1.54) is 4.90 Å². The van der Waals surface area contributed by atoms with Crippen LogP contribution in [0.1, 0.15) is 19.3 Å². The van der Waals surface area contributed by atoms with Gasteiger partial charge in [-0.3, -0.25) is 0 Å². The second-order valence-corrected chi connectivity index (χ2v) is 1.57. The number of hydrogen-bond donors (Lipinski definition) is 0. The maximum Gasteiger partial charge on any atom is 0.0449 e. The largest absolute Gasteiger partial charge is 0.303 e. The molecule has 0 aromatic rings. The van der Waals surface area contributed by atoms with Gasteiger partial charge in [0, 0.05) is 17.8 Å². The molecule has 0 radical (unpaired) electrons. The van der Waals surface area contributed by atoms with Crippen molar-refractivity contribution in [1.82, 2.24) is 4.90 Å². The minimum atomic E-state index is -2.35. The second-order valence-electron chi connectivity index (χ2n) is 1.38. The molecule has 0 saturated heterocycles.